The van der Waals surface area contributed by atoms with Crippen LogP contribution in [-0.2, 0) is 0 Å². The first-order valence-corrected chi connectivity index (χ1v) is 6.79. The van der Waals surface area contributed by atoms with Gasteiger partial charge < -0.3 is 9.67 Å². The Labute approximate surface area is 130 Å². The van der Waals surface area contributed by atoms with E-state index in [0.717, 1.165) is 28.0 Å². The van der Waals surface area contributed by atoms with Crippen LogP contribution in [0.1, 0.15) is 17.7 Å². The normalized spacial score (nSPS) is 12.7. The Morgan fingerprint density at radius 1 is 1.22 bits per heavy atom. The molecule has 1 aromatic heterocycles. The van der Waals surface area contributed by atoms with Crippen LogP contribution in [0, 0.1) is 0 Å². The summed E-state index contributed by atoms with van der Waals surface area (Å²) in [6.45, 7) is 0. The molecule has 1 N–H and O–H groups in total. The summed E-state index contributed by atoms with van der Waals surface area (Å²) in [5, 5.41) is 9.56. The number of rotatable bonds is 3. The van der Waals surface area contributed by atoms with Crippen molar-refractivity contribution in [3.63, 3.8) is 0 Å². The molecule has 1 heterocycles. The molecule has 2 aromatic rings. The van der Waals surface area contributed by atoms with Gasteiger partial charge in [-0.2, -0.15) is 0 Å². The molecule has 0 aliphatic heterocycles. The summed E-state index contributed by atoms with van der Waals surface area (Å²) in [4.78, 5) is 11.4. The van der Waals surface area contributed by atoms with Gasteiger partial charge >= 0.3 is 0 Å². The van der Waals surface area contributed by atoms with Crippen LogP contribution in [0.5, 0.6) is 5.75 Å². The molecule has 5 heteroatoms. The predicted molar refractivity (Wildman–Crippen MR) is 82.8 cm³/mol. The van der Waals surface area contributed by atoms with Crippen molar-refractivity contribution in [2.45, 2.75) is 6.43 Å². The fourth-order valence-electron chi connectivity index (χ4n) is 2.28. The van der Waals surface area contributed by atoms with Gasteiger partial charge in [0.25, 0.3) is 6.43 Å². The molecule has 114 valence electrons. The molecule has 1 aromatic carbocycles. The first-order valence-electron chi connectivity index (χ1n) is 6.79. The summed E-state index contributed by atoms with van der Waals surface area (Å²) in [5.74, 6) is -0.584. The van der Waals surface area contributed by atoms with Crippen molar-refractivity contribution in [2.75, 3.05) is 0 Å². The lowest BCUT2D eigenvalue weighted by Crippen LogP contribution is -2.11. The summed E-state index contributed by atoms with van der Waals surface area (Å²) >= 11 is 0. The zero-order valence-electron chi connectivity index (χ0n) is 11.8. The van der Waals surface area contributed by atoms with E-state index in [1.807, 2.05) is 12.1 Å². The first-order chi connectivity index (χ1) is 11.1. The monoisotopic (exact) mass is 311 g/mol. The van der Waals surface area contributed by atoms with E-state index in [4.69, 9.17) is 0 Å². The molecule has 0 atom stereocenters. The van der Waals surface area contributed by atoms with Crippen molar-refractivity contribution in [1.82, 2.24) is 4.57 Å². The molecule has 0 unspecified atom stereocenters. The van der Waals surface area contributed by atoms with Crippen LogP contribution in [-0.4, -0.2) is 9.67 Å². The minimum atomic E-state index is -2.84. The second-order valence-corrected chi connectivity index (χ2v) is 4.88. The van der Waals surface area contributed by atoms with E-state index < -0.39 is 23.3 Å². The fourth-order valence-corrected chi connectivity index (χ4v) is 2.28. The van der Waals surface area contributed by atoms with Gasteiger partial charge in [-0.15, -0.1) is 0 Å². The third-order valence-electron chi connectivity index (χ3n) is 3.37. The maximum absolute atomic E-state index is 13.2. The summed E-state index contributed by atoms with van der Waals surface area (Å²) in [5.41, 5.74) is 6.39. The van der Waals surface area contributed by atoms with Crippen molar-refractivity contribution in [2.24, 2.45) is 0 Å². The fraction of sp³-hybridized carbons (Fsp3) is 0.0556. The molecule has 1 aliphatic rings. The molecule has 3 rings (SSSR count). The zero-order chi connectivity index (χ0) is 16.4. The highest BCUT2D eigenvalue weighted by Crippen LogP contribution is 2.25. The van der Waals surface area contributed by atoms with Gasteiger partial charge in [-0.25, -0.2) is 8.78 Å². The van der Waals surface area contributed by atoms with Crippen LogP contribution in [0.2, 0.25) is 0 Å². The molecule has 0 radical (unpaired) electrons. The van der Waals surface area contributed by atoms with Gasteiger partial charge in [0.15, 0.2) is 5.75 Å². The van der Waals surface area contributed by atoms with Crippen LogP contribution in [0.25, 0.3) is 11.3 Å². The molecule has 23 heavy (non-hydrogen) atoms. The lowest BCUT2D eigenvalue weighted by molar-refractivity contribution is 0.143. The standard InChI is InChI=1S/C18H11F2NO2/c19-18(20)15-10-16(22)17(23)11-21(15)14-8-4-7-13(9-14)12-5-2-1-3-6-12/h1-2,4-5,7-11,18,23H. The number of halogens is 2. The molecule has 0 bridgehead atoms. The number of allylic oxidation sites excluding steroid dienone is 4. The quantitative estimate of drug-likeness (QED) is 0.877. The predicted octanol–water partition coefficient (Wildman–Crippen LogP) is 3.74. The number of nitrogens with zero attached hydrogens (tertiary/aromatic N) is 1. The Morgan fingerprint density at radius 2 is 2.04 bits per heavy atom. The van der Waals surface area contributed by atoms with Crippen molar-refractivity contribution < 1.29 is 13.9 Å². The Bertz CT molecular complexity index is 957. The van der Waals surface area contributed by atoms with Gasteiger partial charge in [0.2, 0.25) is 5.43 Å². The molecule has 0 spiro atoms. The van der Waals surface area contributed by atoms with E-state index in [0.29, 0.717) is 5.69 Å². The topological polar surface area (TPSA) is 42.2 Å². The third-order valence-corrected chi connectivity index (χ3v) is 3.37. The number of hydrogen-bond acceptors (Lipinski definition) is 2. The van der Waals surface area contributed by atoms with E-state index in [1.165, 1.54) is 0 Å². The summed E-state index contributed by atoms with van der Waals surface area (Å²) in [6.07, 6.45) is 3.50. The van der Waals surface area contributed by atoms with Crippen molar-refractivity contribution in [1.29, 1.82) is 0 Å². The highest BCUT2D eigenvalue weighted by molar-refractivity contribution is 5.75. The SMILES string of the molecule is O=c1cc(C(F)F)n(-c2cccc(C3=C=C=CC=C3)c2)cc1O. The minimum Gasteiger partial charge on any atom is -0.503 e. The smallest absolute Gasteiger partial charge is 0.278 e. The Hall–Kier alpha value is -3.13. The highest BCUT2D eigenvalue weighted by Gasteiger charge is 2.16. The maximum Gasteiger partial charge on any atom is 0.278 e. The summed E-state index contributed by atoms with van der Waals surface area (Å²) in [6, 6.07) is 7.56. The van der Waals surface area contributed by atoms with Crippen LogP contribution in [0.4, 0.5) is 8.78 Å². The van der Waals surface area contributed by atoms with Crippen molar-refractivity contribution >= 4 is 5.57 Å². The van der Waals surface area contributed by atoms with Gasteiger partial charge in [-0.3, -0.25) is 4.79 Å². The second kappa shape index (κ2) is 5.93. The largest absolute Gasteiger partial charge is 0.503 e. The lowest BCUT2D eigenvalue weighted by atomic mass is 10.0. The minimum absolute atomic E-state index is 0.408. The number of pyridine rings is 1. The summed E-state index contributed by atoms with van der Waals surface area (Å²) < 4.78 is 27.5. The third kappa shape index (κ3) is 2.92. The molecule has 0 amide bonds. The molecule has 0 saturated heterocycles. The van der Waals surface area contributed by atoms with Crippen molar-refractivity contribution in [3.8, 4) is 11.4 Å². The van der Waals surface area contributed by atoms with E-state index in [1.54, 1.807) is 30.4 Å². The van der Waals surface area contributed by atoms with Gasteiger partial charge in [-0.05, 0) is 29.8 Å². The Balaban J connectivity index is 2.18. The molecule has 1 aliphatic carbocycles. The Kier molecular flexibility index (Phi) is 3.82. The second-order valence-electron chi connectivity index (χ2n) is 4.88. The molecule has 0 saturated carbocycles. The van der Waals surface area contributed by atoms with E-state index in [9.17, 15) is 18.7 Å². The molecule has 3 nitrogen and oxygen atoms in total. The number of aromatic hydroxyl groups is 1. The van der Waals surface area contributed by atoms with Crippen molar-refractivity contribution in [3.05, 3.63) is 87.7 Å². The number of hydrogen-bond donors (Lipinski definition) is 1. The average molecular weight is 311 g/mol. The molecular weight excluding hydrogens is 300 g/mol. The number of alkyl halides is 2. The van der Waals surface area contributed by atoms with Gasteiger partial charge in [0.1, 0.15) is 0 Å². The number of aromatic nitrogens is 1. The van der Waals surface area contributed by atoms with Gasteiger partial charge in [0, 0.05) is 17.3 Å². The lowest BCUT2D eigenvalue weighted by Gasteiger charge is -2.14. The van der Waals surface area contributed by atoms with Crippen LogP contribution < -0.4 is 5.43 Å². The van der Waals surface area contributed by atoms with E-state index >= 15 is 0 Å². The summed E-state index contributed by atoms with van der Waals surface area (Å²) in [7, 11) is 0. The van der Waals surface area contributed by atoms with Gasteiger partial charge in [0.05, 0.1) is 11.9 Å². The zero-order valence-corrected chi connectivity index (χ0v) is 11.8. The van der Waals surface area contributed by atoms with Crippen LogP contribution >= 0.6 is 0 Å². The van der Waals surface area contributed by atoms with E-state index in [-0.39, 0.29) is 0 Å². The van der Waals surface area contributed by atoms with Crippen LogP contribution in [0.15, 0.2) is 71.0 Å². The molecule has 0 fully saturated rings. The average Bonchev–Trinajstić information content (AvgIpc) is 2.57. The van der Waals surface area contributed by atoms with Crippen LogP contribution in [0.3, 0.4) is 0 Å². The number of benzene rings is 1. The Morgan fingerprint density at radius 3 is 2.74 bits per heavy atom. The highest BCUT2D eigenvalue weighted by atomic mass is 19.3. The van der Waals surface area contributed by atoms with E-state index in [2.05, 4.69) is 11.5 Å². The maximum atomic E-state index is 13.2. The molecular formula is C18H11F2NO2. The van der Waals surface area contributed by atoms with Gasteiger partial charge in [-0.1, -0.05) is 29.7 Å². The first kappa shape index (κ1) is 14.8.